The number of carbonyl (C=O) groups excluding carboxylic acids is 1. The zero-order valence-corrected chi connectivity index (χ0v) is 13.4. The molecule has 4 heteroatoms. The summed E-state index contributed by atoms with van der Waals surface area (Å²) in [5, 5.41) is 2.97. The molecular weight excluding hydrogens is 264 g/mol. The molecule has 1 atom stereocenters. The molecule has 0 unspecified atom stereocenters. The zero-order chi connectivity index (χ0) is 15.7. The van der Waals surface area contributed by atoms with E-state index in [2.05, 4.69) is 25.2 Å². The smallest absolute Gasteiger partial charge is 0.220 e. The predicted octanol–water partition coefficient (Wildman–Crippen LogP) is 2.46. The largest absolute Gasteiger partial charge is 0.380 e. The molecule has 1 rings (SSSR count). The molecule has 1 amide bonds. The number of carbonyl (C=O) groups is 1. The van der Waals surface area contributed by atoms with Crippen molar-refractivity contribution < 1.29 is 9.53 Å². The number of hydrogen-bond donors (Lipinski definition) is 2. The Morgan fingerprint density at radius 3 is 2.67 bits per heavy atom. The lowest BCUT2D eigenvalue weighted by atomic mass is 9.94. The SMILES string of the molecule is COCc1cccc(CNC(=O)C[C@@H](CN)CC(C)C)c1. The van der Waals surface area contributed by atoms with Gasteiger partial charge < -0.3 is 15.8 Å². The standard InChI is InChI=1S/C17H28N2O2/c1-13(2)7-16(10-18)9-17(20)19-11-14-5-4-6-15(8-14)12-21-3/h4-6,8,13,16H,7,9-12,18H2,1-3H3,(H,19,20)/t16-/m0/s1. The van der Waals surface area contributed by atoms with Gasteiger partial charge in [-0.25, -0.2) is 0 Å². The van der Waals surface area contributed by atoms with Crippen molar-refractivity contribution in [1.82, 2.24) is 5.32 Å². The maximum absolute atomic E-state index is 12.0. The quantitative estimate of drug-likeness (QED) is 0.735. The Morgan fingerprint density at radius 1 is 1.33 bits per heavy atom. The summed E-state index contributed by atoms with van der Waals surface area (Å²) in [5.74, 6) is 0.908. The molecule has 0 aromatic heterocycles. The third-order valence-electron chi connectivity index (χ3n) is 3.40. The lowest BCUT2D eigenvalue weighted by Gasteiger charge is -2.16. The molecule has 0 heterocycles. The van der Waals surface area contributed by atoms with Crippen LogP contribution in [0.3, 0.4) is 0 Å². The molecule has 0 saturated carbocycles. The first kappa shape index (κ1) is 17.7. The van der Waals surface area contributed by atoms with E-state index in [-0.39, 0.29) is 11.8 Å². The Morgan fingerprint density at radius 2 is 2.05 bits per heavy atom. The van der Waals surface area contributed by atoms with E-state index in [0.29, 0.717) is 32.0 Å². The van der Waals surface area contributed by atoms with Crippen LogP contribution in [-0.4, -0.2) is 19.6 Å². The summed E-state index contributed by atoms with van der Waals surface area (Å²) in [6, 6.07) is 8.06. The minimum Gasteiger partial charge on any atom is -0.380 e. The molecule has 4 nitrogen and oxygen atoms in total. The average Bonchev–Trinajstić information content (AvgIpc) is 2.45. The van der Waals surface area contributed by atoms with Crippen LogP contribution in [0.1, 0.15) is 37.8 Å². The van der Waals surface area contributed by atoms with Crippen LogP contribution in [-0.2, 0) is 22.7 Å². The highest BCUT2D eigenvalue weighted by Crippen LogP contribution is 2.14. The van der Waals surface area contributed by atoms with E-state index in [4.69, 9.17) is 10.5 Å². The second-order valence-corrected chi connectivity index (χ2v) is 5.97. The molecule has 1 aromatic rings. The highest BCUT2D eigenvalue weighted by atomic mass is 16.5. The highest BCUT2D eigenvalue weighted by molar-refractivity contribution is 5.76. The Labute approximate surface area is 128 Å². The monoisotopic (exact) mass is 292 g/mol. The number of rotatable bonds is 9. The molecule has 0 saturated heterocycles. The van der Waals surface area contributed by atoms with Crippen molar-refractivity contribution >= 4 is 5.91 Å². The van der Waals surface area contributed by atoms with E-state index in [0.717, 1.165) is 17.5 Å². The molecule has 0 aliphatic heterocycles. The fraction of sp³-hybridized carbons (Fsp3) is 0.588. The summed E-state index contributed by atoms with van der Waals surface area (Å²) in [4.78, 5) is 12.0. The molecule has 0 fully saturated rings. The molecule has 1 aromatic carbocycles. The van der Waals surface area contributed by atoms with Gasteiger partial charge in [0.15, 0.2) is 0 Å². The second kappa shape index (κ2) is 9.53. The number of amides is 1. The van der Waals surface area contributed by atoms with Crippen LogP contribution < -0.4 is 11.1 Å². The Hall–Kier alpha value is -1.39. The van der Waals surface area contributed by atoms with E-state index < -0.39 is 0 Å². The zero-order valence-electron chi connectivity index (χ0n) is 13.4. The summed E-state index contributed by atoms with van der Waals surface area (Å²) < 4.78 is 5.11. The lowest BCUT2D eigenvalue weighted by molar-refractivity contribution is -0.122. The van der Waals surface area contributed by atoms with Crippen molar-refractivity contribution in [1.29, 1.82) is 0 Å². The van der Waals surface area contributed by atoms with Crippen molar-refractivity contribution in [3.63, 3.8) is 0 Å². The van der Waals surface area contributed by atoms with E-state index in [1.165, 1.54) is 0 Å². The van der Waals surface area contributed by atoms with Crippen LogP contribution in [0.25, 0.3) is 0 Å². The fourth-order valence-corrected chi connectivity index (χ4v) is 2.46. The van der Waals surface area contributed by atoms with E-state index in [1.54, 1.807) is 7.11 Å². The molecular formula is C17H28N2O2. The van der Waals surface area contributed by atoms with Gasteiger partial charge in [0.2, 0.25) is 5.91 Å². The van der Waals surface area contributed by atoms with Gasteiger partial charge in [0.05, 0.1) is 6.61 Å². The minimum absolute atomic E-state index is 0.0724. The Balaban J connectivity index is 2.43. The third kappa shape index (κ3) is 7.25. The average molecular weight is 292 g/mol. The van der Waals surface area contributed by atoms with Crippen molar-refractivity contribution in [3.8, 4) is 0 Å². The van der Waals surface area contributed by atoms with Gasteiger partial charge in [-0.3, -0.25) is 4.79 Å². The first-order chi connectivity index (χ1) is 10.0. The van der Waals surface area contributed by atoms with Gasteiger partial charge in [0.1, 0.15) is 0 Å². The van der Waals surface area contributed by atoms with Crippen molar-refractivity contribution in [2.45, 2.75) is 39.8 Å². The number of nitrogens with one attached hydrogen (secondary N) is 1. The van der Waals surface area contributed by atoms with Crippen LogP contribution in [0.2, 0.25) is 0 Å². The summed E-state index contributed by atoms with van der Waals surface area (Å²) in [6.07, 6.45) is 1.50. The molecule has 118 valence electrons. The van der Waals surface area contributed by atoms with Gasteiger partial charge in [-0.2, -0.15) is 0 Å². The van der Waals surface area contributed by atoms with E-state index in [9.17, 15) is 4.79 Å². The van der Waals surface area contributed by atoms with Gasteiger partial charge >= 0.3 is 0 Å². The number of nitrogens with two attached hydrogens (primary N) is 1. The molecule has 0 bridgehead atoms. The van der Waals surface area contributed by atoms with Gasteiger partial charge in [-0.15, -0.1) is 0 Å². The van der Waals surface area contributed by atoms with E-state index in [1.807, 2.05) is 18.2 Å². The maximum Gasteiger partial charge on any atom is 0.220 e. The topological polar surface area (TPSA) is 64.3 Å². The number of methoxy groups -OCH3 is 1. The molecule has 21 heavy (non-hydrogen) atoms. The molecule has 3 N–H and O–H groups in total. The summed E-state index contributed by atoms with van der Waals surface area (Å²) in [7, 11) is 1.68. The molecule has 0 radical (unpaired) electrons. The van der Waals surface area contributed by atoms with Gasteiger partial charge in [0.25, 0.3) is 0 Å². The first-order valence-corrected chi connectivity index (χ1v) is 7.58. The normalized spacial score (nSPS) is 12.4. The molecule has 0 aliphatic rings. The molecule has 0 aliphatic carbocycles. The van der Waals surface area contributed by atoms with Crippen LogP contribution >= 0.6 is 0 Å². The summed E-state index contributed by atoms with van der Waals surface area (Å²) >= 11 is 0. The summed E-state index contributed by atoms with van der Waals surface area (Å²) in [6.45, 7) is 6.01. The van der Waals surface area contributed by atoms with Gasteiger partial charge in [0, 0.05) is 20.1 Å². The fourth-order valence-electron chi connectivity index (χ4n) is 2.46. The Bertz CT molecular complexity index is 433. The van der Waals surface area contributed by atoms with Gasteiger partial charge in [-0.1, -0.05) is 38.1 Å². The van der Waals surface area contributed by atoms with Crippen LogP contribution in [0.5, 0.6) is 0 Å². The van der Waals surface area contributed by atoms with Crippen LogP contribution in [0, 0.1) is 11.8 Å². The summed E-state index contributed by atoms with van der Waals surface area (Å²) in [5.41, 5.74) is 7.94. The van der Waals surface area contributed by atoms with Gasteiger partial charge in [-0.05, 0) is 35.9 Å². The van der Waals surface area contributed by atoms with Crippen LogP contribution in [0.4, 0.5) is 0 Å². The Kier molecular flexibility index (Phi) is 8.01. The maximum atomic E-state index is 12.0. The molecule has 0 spiro atoms. The number of ether oxygens (including phenoxy) is 1. The van der Waals surface area contributed by atoms with E-state index >= 15 is 0 Å². The van der Waals surface area contributed by atoms with Crippen molar-refractivity contribution in [2.24, 2.45) is 17.6 Å². The highest BCUT2D eigenvalue weighted by Gasteiger charge is 2.13. The number of hydrogen-bond acceptors (Lipinski definition) is 3. The minimum atomic E-state index is 0.0724. The second-order valence-electron chi connectivity index (χ2n) is 5.97. The van der Waals surface area contributed by atoms with Crippen molar-refractivity contribution in [3.05, 3.63) is 35.4 Å². The first-order valence-electron chi connectivity index (χ1n) is 7.58. The van der Waals surface area contributed by atoms with Crippen LogP contribution in [0.15, 0.2) is 24.3 Å². The van der Waals surface area contributed by atoms with Crippen molar-refractivity contribution in [2.75, 3.05) is 13.7 Å². The lowest BCUT2D eigenvalue weighted by Crippen LogP contribution is -2.28. The number of benzene rings is 1. The predicted molar refractivity (Wildman–Crippen MR) is 85.6 cm³/mol. The third-order valence-corrected chi connectivity index (χ3v) is 3.40.